The molecule has 0 amide bonds. The van der Waals surface area contributed by atoms with Crippen molar-refractivity contribution in [3.63, 3.8) is 0 Å². The molecule has 4 heteroatoms. The second-order valence-corrected chi connectivity index (χ2v) is 6.99. The number of nitrogens with one attached hydrogen (secondary N) is 1. The maximum absolute atomic E-state index is 5.73. The van der Waals surface area contributed by atoms with Gasteiger partial charge in [-0.1, -0.05) is 18.2 Å². The van der Waals surface area contributed by atoms with E-state index in [9.17, 15) is 0 Å². The Morgan fingerprint density at radius 2 is 1.90 bits per heavy atom. The topological polar surface area (TPSA) is 34.1 Å². The summed E-state index contributed by atoms with van der Waals surface area (Å²) in [5.41, 5.74) is 1.22. The first-order valence-electron chi connectivity index (χ1n) is 6.82. The van der Waals surface area contributed by atoms with E-state index < -0.39 is 0 Å². The van der Waals surface area contributed by atoms with Crippen LogP contribution in [0.2, 0.25) is 0 Å². The van der Waals surface area contributed by atoms with Crippen LogP contribution in [0.15, 0.2) is 30.3 Å². The van der Waals surface area contributed by atoms with Crippen LogP contribution in [0.5, 0.6) is 5.75 Å². The van der Waals surface area contributed by atoms with Crippen molar-refractivity contribution in [2.75, 3.05) is 0 Å². The number of hydrogen-bond acceptors (Lipinski definition) is 4. The second-order valence-electron chi connectivity index (χ2n) is 5.82. The summed E-state index contributed by atoms with van der Waals surface area (Å²) in [7, 11) is 0. The number of benzene rings is 1. The number of aryl methyl sites for hydroxylation is 1. The van der Waals surface area contributed by atoms with Crippen molar-refractivity contribution < 1.29 is 4.74 Å². The Bertz CT molecular complexity index is 543. The van der Waals surface area contributed by atoms with Gasteiger partial charge in [-0.25, -0.2) is 4.98 Å². The number of para-hydroxylation sites is 1. The average molecular weight is 290 g/mol. The average Bonchev–Trinajstić information content (AvgIpc) is 2.75. The highest BCUT2D eigenvalue weighted by Crippen LogP contribution is 2.20. The van der Waals surface area contributed by atoms with E-state index in [1.54, 1.807) is 11.3 Å². The van der Waals surface area contributed by atoms with Crippen LogP contribution in [0.3, 0.4) is 0 Å². The highest BCUT2D eigenvalue weighted by molar-refractivity contribution is 7.11. The zero-order valence-electron chi connectivity index (χ0n) is 12.6. The molecule has 1 aromatic heterocycles. The molecule has 0 aliphatic rings. The Hall–Kier alpha value is -1.39. The molecular formula is C16H22N2OS. The molecule has 0 aliphatic carbocycles. The zero-order chi connectivity index (χ0) is 14.6. The zero-order valence-corrected chi connectivity index (χ0v) is 13.4. The molecule has 0 fully saturated rings. The highest BCUT2D eigenvalue weighted by atomic mass is 32.1. The van der Waals surface area contributed by atoms with Gasteiger partial charge in [0.15, 0.2) is 0 Å². The third kappa shape index (κ3) is 4.62. The SMILES string of the molecule is Cc1nc(COc2ccccc2)sc1CNC(C)(C)C. The first kappa shape index (κ1) is 15.0. The Balaban J connectivity index is 1.93. The van der Waals surface area contributed by atoms with E-state index in [4.69, 9.17) is 4.74 Å². The molecule has 2 aromatic rings. The lowest BCUT2D eigenvalue weighted by atomic mass is 10.1. The van der Waals surface area contributed by atoms with Crippen molar-refractivity contribution in [1.29, 1.82) is 0 Å². The Morgan fingerprint density at radius 1 is 1.20 bits per heavy atom. The highest BCUT2D eigenvalue weighted by Gasteiger charge is 2.12. The predicted molar refractivity (Wildman–Crippen MR) is 84.2 cm³/mol. The predicted octanol–water partition coefficient (Wildman–Crippen LogP) is 3.92. The van der Waals surface area contributed by atoms with E-state index in [1.807, 2.05) is 30.3 Å². The fourth-order valence-electron chi connectivity index (χ4n) is 1.72. The minimum atomic E-state index is 0.122. The van der Waals surface area contributed by atoms with Crippen molar-refractivity contribution in [1.82, 2.24) is 10.3 Å². The lowest BCUT2D eigenvalue weighted by Gasteiger charge is -2.19. The summed E-state index contributed by atoms with van der Waals surface area (Å²) in [6.45, 7) is 9.96. The van der Waals surface area contributed by atoms with Crippen LogP contribution in [0.4, 0.5) is 0 Å². The number of thiazole rings is 1. The fraction of sp³-hybridized carbons (Fsp3) is 0.438. The van der Waals surface area contributed by atoms with Crippen molar-refractivity contribution in [2.24, 2.45) is 0 Å². The quantitative estimate of drug-likeness (QED) is 0.906. The van der Waals surface area contributed by atoms with Crippen LogP contribution < -0.4 is 10.1 Å². The van der Waals surface area contributed by atoms with Gasteiger partial charge in [-0.3, -0.25) is 0 Å². The molecular weight excluding hydrogens is 268 g/mol. The van der Waals surface area contributed by atoms with Crippen molar-refractivity contribution in [2.45, 2.75) is 46.4 Å². The van der Waals surface area contributed by atoms with Crippen molar-refractivity contribution in [3.8, 4) is 5.75 Å². The first-order valence-corrected chi connectivity index (χ1v) is 7.64. The van der Waals surface area contributed by atoms with Crippen LogP contribution in [0.1, 0.15) is 36.3 Å². The summed E-state index contributed by atoms with van der Waals surface area (Å²) in [6, 6.07) is 9.85. The number of aromatic nitrogens is 1. The van der Waals surface area contributed by atoms with E-state index in [2.05, 4.69) is 38.0 Å². The molecule has 0 aliphatic heterocycles. The maximum atomic E-state index is 5.73. The second kappa shape index (κ2) is 6.37. The molecule has 1 N–H and O–H groups in total. The summed E-state index contributed by atoms with van der Waals surface area (Å²) in [5, 5.41) is 4.52. The number of ether oxygens (including phenoxy) is 1. The molecule has 0 radical (unpaired) electrons. The molecule has 1 aromatic carbocycles. The summed E-state index contributed by atoms with van der Waals surface area (Å²) in [5.74, 6) is 0.884. The third-order valence-corrected chi connectivity index (χ3v) is 3.95. The molecule has 0 atom stereocenters. The first-order chi connectivity index (χ1) is 9.44. The van der Waals surface area contributed by atoms with Gasteiger partial charge in [-0.15, -0.1) is 11.3 Å². The summed E-state index contributed by atoms with van der Waals surface area (Å²) >= 11 is 1.72. The van der Waals surface area contributed by atoms with Gasteiger partial charge in [0.05, 0.1) is 5.69 Å². The lowest BCUT2D eigenvalue weighted by molar-refractivity contribution is 0.305. The van der Waals surface area contributed by atoms with Crippen LogP contribution in [0, 0.1) is 6.92 Å². The molecule has 0 saturated carbocycles. The molecule has 0 spiro atoms. The van der Waals surface area contributed by atoms with E-state index in [0.29, 0.717) is 6.61 Å². The van der Waals surface area contributed by atoms with Gasteiger partial charge in [0.25, 0.3) is 0 Å². The normalized spacial score (nSPS) is 11.6. The molecule has 1 heterocycles. The molecule has 2 rings (SSSR count). The van der Waals surface area contributed by atoms with E-state index in [1.165, 1.54) is 4.88 Å². The smallest absolute Gasteiger partial charge is 0.140 e. The number of hydrogen-bond donors (Lipinski definition) is 1. The summed E-state index contributed by atoms with van der Waals surface area (Å²) in [4.78, 5) is 5.86. The number of nitrogens with zero attached hydrogens (tertiary/aromatic N) is 1. The largest absolute Gasteiger partial charge is 0.486 e. The van der Waals surface area contributed by atoms with Gasteiger partial charge in [0.1, 0.15) is 17.4 Å². The standard InChI is InChI=1S/C16H22N2OS/c1-12-14(10-17-16(2,3)4)20-15(18-12)11-19-13-8-6-5-7-9-13/h5-9,17H,10-11H2,1-4H3. The summed E-state index contributed by atoms with van der Waals surface area (Å²) < 4.78 is 5.73. The van der Waals surface area contributed by atoms with Crippen LogP contribution in [-0.2, 0) is 13.2 Å². The van der Waals surface area contributed by atoms with Gasteiger partial charge >= 0.3 is 0 Å². The summed E-state index contributed by atoms with van der Waals surface area (Å²) in [6.07, 6.45) is 0. The van der Waals surface area contributed by atoms with Crippen molar-refractivity contribution >= 4 is 11.3 Å². The minimum absolute atomic E-state index is 0.122. The van der Waals surface area contributed by atoms with Gasteiger partial charge in [0, 0.05) is 17.0 Å². The monoisotopic (exact) mass is 290 g/mol. The molecule has 3 nitrogen and oxygen atoms in total. The Labute approximate surface area is 125 Å². The van der Waals surface area contributed by atoms with Gasteiger partial charge < -0.3 is 10.1 Å². The van der Waals surface area contributed by atoms with E-state index in [-0.39, 0.29) is 5.54 Å². The molecule has 108 valence electrons. The van der Waals surface area contributed by atoms with Gasteiger partial charge in [-0.05, 0) is 39.8 Å². The van der Waals surface area contributed by atoms with Crippen LogP contribution >= 0.6 is 11.3 Å². The van der Waals surface area contributed by atoms with E-state index in [0.717, 1.165) is 23.0 Å². The third-order valence-electron chi connectivity index (χ3n) is 2.82. The van der Waals surface area contributed by atoms with E-state index >= 15 is 0 Å². The maximum Gasteiger partial charge on any atom is 0.140 e. The Kier molecular flexibility index (Phi) is 4.78. The lowest BCUT2D eigenvalue weighted by Crippen LogP contribution is -2.34. The minimum Gasteiger partial charge on any atom is -0.486 e. The molecule has 0 unspecified atom stereocenters. The molecule has 0 saturated heterocycles. The van der Waals surface area contributed by atoms with Crippen molar-refractivity contribution in [3.05, 3.63) is 45.9 Å². The van der Waals surface area contributed by atoms with Crippen LogP contribution in [0.25, 0.3) is 0 Å². The number of rotatable bonds is 5. The van der Waals surface area contributed by atoms with Crippen LogP contribution in [-0.4, -0.2) is 10.5 Å². The van der Waals surface area contributed by atoms with Gasteiger partial charge in [0.2, 0.25) is 0 Å². The molecule has 20 heavy (non-hydrogen) atoms. The Morgan fingerprint density at radius 3 is 2.55 bits per heavy atom. The van der Waals surface area contributed by atoms with Gasteiger partial charge in [-0.2, -0.15) is 0 Å². The molecule has 0 bridgehead atoms. The fourth-order valence-corrected chi connectivity index (χ4v) is 2.64.